The summed E-state index contributed by atoms with van der Waals surface area (Å²) in [6, 6.07) is 4.07. The first kappa shape index (κ1) is 8.65. The molecule has 0 bridgehead atoms. The van der Waals surface area contributed by atoms with Gasteiger partial charge in [-0.1, -0.05) is 0 Å². The fraction of sp³-hybridized carbons (Fsp3) is 0.333. The maximum atomic E-state index is 11.7. The number of carbonyl (C=O) groups is 1. The first-order chi connectivity index (χ1) is 7.34. The van der Waals surface area contributed by atoms with E-state index in [2.05, 4.69) is 10.3 Å². The third-order valence-electron chi connectivity index (χ3n) is 3.05. The molecule has 1 fully saturated rings. The maximum Gasteiger partial charge on any atom is 0.160 e. The molecule has 1 atom stereocenters. The molecule has 0 radical (unpaired) electrons. The molecule has 2 heterocycles. The Bertz CT molecular complexity index is 451. The van der Waals surface area contributed by atoms with E-state index in [4.69, 9.17) is 0 Å². The number of ketones is 1. The van der Waals surface area contributed by atoms with Crippen molar-refractivity contribution < 1.29 is 4.79 Å². The molecule has 1 aromatic rings. The van der Waals surface area contributed by atoms with Gasteiger partial charge < -0.3 is 5.32 Å². The highest BCUT2D eigenvalue weighted by Crippen LogP contribution is 2.31. The summed E-state index contributed by atoms with van der Waals surface area (Å²) in [5, 5.41) is 3.33. The molecule has 1 saturated carbocycles. The Hall–Kier alpha value is -1.64. The van der Waals surface area contributed by atoms with E-state index in [1.165, 1.54) is 0 Å². The van der Waals surface area contributed by atoms with Crippen LogP contribution in [0.25, 0.3) is 6.08 Å². The van der Waals surface area contributed by atoms with Crippen LogP contribution < -0.4 is 5.32 Å². The van der Waals surface area contributed by atoms with Crippen LogP contribution in [0.15, 0.2) is 23.9 Å². The SMILES string of the molecule is O=C1CCCC2Nc3ncccc3C=C12. The van der Waals surface area contributed by atoms with Gasteiger partial charge in [-0.05, 0) is 31.1 Å². The van der Waals surface area contributed by atoms with Crippen LogP contribution in [0.5, 0.6) is 0 Å². The number of hydrogen-bond donors (Lipinski definition) is 1. The maximum absolute atomic E-state index is 11.7. The zero-order valence-electron chi connectivity index (χ0n) is 8.36. The number of anilines is 1. The van der Waals surface area contributed by atoms with Gasteiger partial charge in [0, 0.05) is 23.8 Å². The van der Waals surface area contributed by atoms with Crippen molar-refractivity contribution in [3.8, 4) is 0 Å². The third kappa shape index (κ3) is 1.35. The van der Waals surface area contributed by atoms with Gasteiger partial charge in [-0.25, -0.2) is 4.98 Å². The van der Waals surface area contributed by atoms with Gasteiger partial charge in [0.15, 0.2) is 5.78 Å². The van der Waals surface area contributed by atoms with Gasteiger partial charge in [-0.3, -0.25) is 4.79 Å². The van der Waals surface area contributed by atoms with Crippen LogP contribution in [0.3, 0.4) is 0 Å². The highest BCUT2D eigenvalue weighted by Gasteiger charge is 2.29. The number of fused-ring (bicyclic) bond motifs is 2. The molecule has 2 aliphatic rings. The average Bonchev–Trinajstić information content (AvgIpc) is 2.27. The van der Waals surface area contributed by atoms with Crippen molar-refractivity contribution in [3.63, 3.8) is 0 Å². The van der Waals surface area contributed by atoms with E-state index in [0.717, 1.165) is 29.8 Å². The van der Waals surface area contributed by atoms with Crippen molar-refractivity contribution in [2.75, 3.05) is 5.32 Å². The second-order valence-corrected chi connectivity index (χ2v) is 4.05. The Balaban J connectivity index is 2.08. The van der Waals surface area contributed by atoms with Gasteiger partial charge in [-0.15, -0.1) is 0 Å². The molecule has 1 aliphatic carbocycles. The summed E-state index contributed by atoms with van der Waals surface area (Å²) in [7, 11) is 0. The zero-order valence-corrected chi connectivity index (χ0v) is 8.36. The van der Waals surface area contributed by atoms with E-state index in [9.17, 15) is 4.79 Å². The van der Waals surface area contributed by atoms with E-state index in [1.54, 1.807) is 6.20 Å². The minimum Gasteiger partial charge on any atom is -0.363 e. The van der Waals surface area contributed by atoms with Crippen LogP contribution in [0, 0.1) is 0 Å². The van der Waals surface area contributed by atoms with Crippen LogP contribution >= 0.6 is 0 Å². The van der Waals surface area contributed by atoms with Crippen molar-refractivity contribution in [2.45, 2.75) is 25.3 Å². The van der Waals surface area contributed by atoms with Gasteiger partial charge in [0.2, 0.25) is 0 Å². The van der Waals surface area contributed by atoms with Crippen LogP contribution in [0.2, 0.25) is 0 Å². The van der Waals surface area contributed by atoms with Gasteiger partial charge in [0.05, 0.1) is 6.04 Å². The first-order valence-corrected chi connectivity index (χ1v) is 5.31. The van der Waals surface area contributed by atoms with Crippen molar-refractivity contribution >= 4 is 17.7 Å². The number of carbonyl (C=O) groups excluding carboxylic acids is 1. The number of aromatic nitrogens is 1. The molecule has 1 N–H and O–H groups in total. The number of nitrogens with zero attached hydrogens (tertiary/aromatic N) is 1. The minimum absolute atomic E-state index is 0.189. The summed E-state index contributed by atoms with van der Waals surface area (Å²) in [5.41, 5.74) is 1.96. The molecule has 0 aromatic carbocycles. The summed E-state index contributed by atoms with van der Waals surface area (Å²) in [6.07, 6.45) is 6.48. The van der Waals surface area contributed by atoms with Crippen molar-refractivity contribution in [3.05, 3.63) is 29.5 Å². The number of pyridine rings is 1. The van der Waals surface area contributed by atoms with Gasteiger partial charge in [-0.2, -0.15) is 0 Å². The molecular weight excluding hydrogens is 188 g/mol. The normalized spacial score (nSPS) is 23.6. The smallest absolute Gasteiger partial charge is 0.160 e. The van der Waals surface area contributed by atoms with Crippen LogP contribution in [0.1, 0.15) is 24.8 Å². The number of nitrogens with one attached hydrogen (secondary N) is 1. The third-order valence-corrected chi connectivity index (χ3v) is 3.05. The predicted octanol–water partition coefficient (Wildman–Crippen LogP) is 2.01. The molecule has 0 saturated heterocycles. The molecule has 3 nitrogen and oxygen atoms in total. The Morgan fingerprint density at radius 3 is 3.33 bits per heavy atom. The molecule has 0 amide bonds. The summed E-state index contributed by atoms with van der Waals surface area (Å²) >= 11 is 0. The Kier molecular flexibility index (Phi) is 1.84. The van der Waals surface area contributed by atoms with Gasteiger partial charge in [0.1, 0.15) is 5.82 Å². The van der Waals surface area contributed by atoms with E-state index in [0.29, 0.717) is 6.42 Å². The molecule has 76 valence electrons. The van der Waals surface area contributed by atoms with Gasteiger partial charge >= 0.3 is 0 Å². The van der Waals surface area contributed by atoms with Crippen molar-refractivity contribution in [1.29, 1.82) is 0 Å². The molecular formula is C12H12N2O. The molecule has 3 heteroatoms. The molecule has 1 aromatic heterocycles. The Morgan fingerprint density at radius 1 is 1.47 bits per heavy atom. The fourth-order valence-electron chi connectivity index (χ4n) is 2.28. The zero-order chi connectivity index (χ0) is 10.3. The van der Waals surface area contributed by atoms with E-state index >= 15 is 0 Å². The molecule has 1 aliphatic heterocycles. The van der Waals surface area contributed by atoms with Crippen LogP contribution in [0.4, 0.5) is 5.82 Å². The van der Waals surface area contributed by atoms with E-state index in [-0.39, 0.29) is 11.8 Å². The van der Waals surface area contributed by atoms with E-state index < -0.39 is 0 Å². The van der Waals surface area contributed by atoms with Crippen molar-refractivity contribution in [1.82, 2.24) is 4.98 Å². The molecule has 15 heavy (non-hydrogen) atoms. The Morgan fingerprint density at radius 2 is 2.40 bits per heavy atom. The number of hydrogen-bond acceptors (Lipinski definition) is 3. The lowest BCUT2D eigenvalue weighted by Gasteiger charge is -2.29. The highest BCUT2D eigenvalue weighted by molar-refractivity contribution is 6.03. The number of rotatable bonds is 0. The molecule has 3 rings (SSSR count). The topological polar surface area (TPSA) is 42.0 Å². The minimum atomic E-state index is 0.189. The average molecular weight is 200 g/mol. The standard InChI is InChI=1S/C12H12N2O/c15-11-5-1-4-10-9(11)7-8-3-2-6-13-12(8)14-10/h2-3,6-7,10H,1,4-5H2,(H,13,14). The lowest BCUT2D eigenvalue weighted by atomic mass is 9.85. The first-order valence-electron chi connectivity index (χ1n) is 5.31. The van der Waals surface area contributed by atoms with E-state index in [1.807, 2.05) is 18.2 Å². The summed E-state index contributed by atoms with van der Waals surface area (Å²) in [6.45, 7) is 0. The Labute approximate surface area is 88.2 Å². The van der Waals surface area contributed by atoms with Crippen LogP contribution in [-0.4, -0.2) is 16.8 Å². The summed E-state index contributed by atoms with van der Waals surface area (Å²) in [5.74, 6) is 1.19. The van der Waals surface area contributed by atoms with Crippen LogP contribution in [-0.2, 0) is 4.79 Å². The monoisotopic (exact) mass is 200 g/mol. The fourth-order valence-corrected chi connectivity index (χ4v) is 2.28. The lowest BCUT2D eigenvalue weighted by Crippen LogP contribution is -2.33. The lowest BCUT2D eigenvalue weighted by molar-refractivity contribution is -0.116. The number of Topliss-reactive ketones (excluding diaryl/α,β-unsaturated/α-hetero) is 1. The van der Waals surface area contributed by atoms with Gasteiger partial charge in [0.25, 0.3) is 0 Å². The second-order valence-electron chi connectivity index (χ2n) is 4.05. The predicted molar refractivity (Wildman–Crippen MR) is 58.5 cm³/mol. The quantitative estimate of drug-likeness (QED) is 0.696. The molecule has 0 spiro atoms. The highest BCUT2D eigenvalue weighted by atomic mass is 16.1. The molecule has 1 unspecified atom stereocenters. The summed E-state index contributed by atoms with van der Waals surface area (Å²) in [4.78, 5) is 16.0. The summed E-state index contributed by atoms with van der Waals surface area (Å²) < 4.78 is 0. The second kappa shape index (κ2) is 3.19. The largest absolute Gasteiger partial charge is 0.363 e. The van der Waals surface area contributed by atoms with Crippen molar-refractivity contribution in [2.24, 2.45) is 0 Å².